The van der Waals surface area contributed by atoms with Crippen molar-refractivity contribution in [1.82, 2.24) is 9.80 Å². The number of carbonyl (C=O) groups is 3. The van der Waals surface area contributed by atoms with Gasteiger partial charge in [-0.15, -0.1) is 0 Å². The summed E-state index contributed by atoms with van der Waals surface area (Å²) in [5.41, 5.74) is 1.51. The van der Waals surface area contributed by atoms with Crippen LogP contribution < -0.4 is 5.73 Å². The molecule has 4 aliphatic carbocycles. The lowest BCUT2D eigenvalue weighted by atomic mass is 9.57. The first kappa shape index (κ1) is 27.3. The number of likely N-dealkylation sites (N-methyl/N-ethyl adjacent to an activating group) is 1. The second-order valence-electron chi connectivity index (χ2n) is 11.5. The Balaban J connectivity index is 1.62. The van der Waals surface area contributed by atoms with Crippen LogP contribution in [0.1, 0.15) is 48.8 Å². The van der Waals surface area contributed by atoms with E-state index in [1.165, 1.54) is 25.1 Å². The van der Waals surface area contributed by atoms with Gasteiger partial charge in [0, 0.05) is 35.2 Å². The van der Waals surface area contributed by atoms with Gasteiger partial charge in [-0.05, 0) is 58.8 Å². The van der Waals surface area contributed by atoms with Crippen molar-refractivity contribution in [3.8, 4) is 5.75 Å². The van der Waals surface area contributed by atoms with E-state index in [0.717, 1.165) is 25.7 Å². The van der Waals surface area contributed by atoms with Crippen LogP contribution in [0.15, 0.2) is 23.0 Å². The SMILES string of the molecule is CN(Cc1cc(O)c2c(c1F)C[C@H]1C[C@H]3[C@H](N(C)C)C(=O)C(C(N)=O)=C(O)[C@@]3(O)C(=O)C1=C2O)C1CCCC1. The summed E-state index contributed by atoms with van der Waals surface area (Å²) >= 11 is 0. The molecule has 10 nitrogen and oxygen atoms in total. The molecule has 4 aliphatic rings. The third-order valence-electron chi connectivity index (χ3n) is 9.10. The summed E-state index contributed by atoms with van der Waals surface area (Å²) in [5, 5.41) is 44.6. The summed E-state index contributed by atoms with van der Waals surface area (Å²) in [4.78, 5) is 42.5. The molecule has 0 aliphatic heterocycles. The Kier molecular flexibility index (Phi) is 6.60. The molecule has 0 bridgehead atoms. The average Bonchev–Trinajstić information content (AvgIpc) is 3.39. The van der Waals surface area contributed by atoms with Crippen molar-refractivity contribution in [3.63, 3.8) is 0 Å². The van der Waals surface area contributed by atoms with E-state index in [2.05, 4.69) is 0 Å². The fourth-order valence-electron chi connectivity index (χ4n) is 7.20. The lowest BCUT2D eigenvalue weighted by Gasteiger charge is -2.50. The minimum atomic E-state index is -2.72. The molecule has 0 unspecified atom stereocenters. The van der Waals surface area contributed by atoms with Crippen molar-refractivity contribution in [1.29, 1.82) is 0 Å². The molecule has 0 aromatic heterocycles. The third kappa shape index (κ3) is 3.89. The second-order valence-corrected chi connectivity index (χ2v) is 11.5. The summed E-state index contributed by atoms with van der Waals surface area (Å²) < 4.78 is 15.9. The Bertz CT molecular complexity index is 1350. The van der Waals surface area contributed by atoms with Crippen molar-refractivity contribution in [2.45, 2.75) is 62.8 Å². The summed E-state index contributed by atoms with van der Waals surface area (Å²) in [7, 11) is 4.96. The minimum Gasteiger partial charge on any atom is -0.508 e. The molecule has 0 heterocycles. The number of fused-ring (bicyclic) bond motifs is 3. The number of primary amides is 1. The fraction of sp³-hybridized carbons (Fsp3) is 0.536. The molecule has 1 aromatic carbocycles. The third-order valence-corrected chi connectivity index (χ3v) is 9.10. The van der Waals surface area contributed by atoms with Crippen molar-refractivity contribution in [3.05, 3.63) is 45.5 Å². The van der Waals surface area contributed by atoms with E-state index in [1.807, 2.05) is 11.9 Å². The number of aromatic hydroxyl groups is 1. The quantitative estimate of drug-likeness (QED) is 0.346. The molecular formula is C28H34FN3O7. The van der Waals surface area contributed by atoms with E-state index >= 15 is 4.39 Å². The van der Waals surface area contributed by atoms with Crippen LogP contribution in [0.25, 0.3) is 5.76 Å². The van der Waals surface area contributed by atoms with Crippen LogP contribution in [0.4, 0.5) is 4.39 Å². The standard InChI is InChI=1S/C28H34FN3O7/c1-31(2)22-16-9-12-8-15-19(17(33)10-13(21(15)29)11-32(3)14-6-4-5-7-14)23(34)18(12)25(36)28(16,39)26(37)20(24(22)35)27(30)38/h10,12,14,16,22,33-34,37,39H,4-9,11H2,1-3H3,(H2,30,38)/t12-,16-,22-,28-/m0/s1. The molecule has 0 radical (unpaired) electrons. The Morgan fingerprint density at radius 2 is 1.79 bits per heavy atom. The number of nitrogens with zero attached hydrogens (tertiary/aromatic N) is 2. The summed E-state index contributed by atoms with van der Waals surface area (Å²) in [6, 6.07) is 0.367. The van der Waals surface area contributed by atoms with Crippen LogP contribution in [0.2, 0.25) is 0 Å². The number of halogens is 1. The highest BCUT2D eigenvalue weighted by Crippen LogP contribution is 2.53. The predicted molar refractivity (Wildman–Crippen MR) is 138 cm³/mol. The molecule has 6 N–H and O–H groups in total. The number of aliphatic hydroxyl groups is 3. The van der Waals surface area contributed by atoms with Crippen molar-refractivity contribution < 1.29 is 39.2 Å². The van der Waals surface area contributed by atoms with Gasteiger partial charge in [-0.1, -0.05) is 12.8 Å². The molecule has 5 rings (SSSR count). The Labute approximate surface area is 225 Å². The molecule has 2 fully saturated rings. The maximum Gasteiger partial charge on any atom is 0.255 e. The molecule has 11 heteroatoms. The zero-order chi connectivity index (χ0) is 28.5. The van der Waals surface area contributed by atoms with E-state index in [4.69, 9.17) is 5.73 Å². The van der Waals surface area contributed by atoms with Gasteiger partial charge in [0.2, 0.25) is 5.78 Å². The fourth-order valence-corrected chi connectivity index (χ4v) is 7.20. The Hall–Kier alpha value is -3.28. The van der Waals surface area contributed by atoms with Crippen LogP contribution in [-0.2, 0) is 27.3 Å². The highest BCUT2D eigenvalue weighted by atomic mass is 19.1. The minimum absolute atomic E-state index is 0.0513. The smallest absolute Gasteiger partial charge is 0.255 e. The molecule has 0 spiro atoms. The number of amides is 1. The highest BCUT2D eigenvalue weighted by molar-refractivity contribution is 6.24. The average molecular weight is 544 g/mol. The molecule has 1 amide bonds. The van der Waals surface area contributed by atoms with Gasteiger partial charge in [-0.3, -0.25) is 24.2 Å². The number of carbonyl (C=O) groups excluding carboxylic acids is 3. The number of nitrogens with two attached hydrogens (primary N) is 1. The summed E-state index contributed by atoms with van der Waals surface area (Å²) in [5.74, 6) is -8.11. The molecule has 2 saturated carbocycles. The summed E-state index contributed by atoms with van der Waals surface area (Å²) in [6.45, 7) is 0.256. The van der Waals surface area contributed by atoms with E-state index in [-0.39, 0.29) is 41.6 Å². The van der Waals surface area contributed by atoms with Gasteiger partial charge in [0.25, 0.3) is 5.91 Å². The Morgan fingerprint density at radius 3 is 2.38 bits per heavy atom. The summed E-state index contributed by atoms with van der Waals surface area (Å²) in [6.07, 6.45) is 4.09. The van der Waals surface area contributed by atoms with Gasteiger partial charge in [0.05, 0.1) is 11.6 Å². The number of phenols is 1. The van der Waals surface area contributed by atoms with Gasteiger partial charge >= 0.3 is 0 Å². The van der Waals surface area contributed by atoms with E-state index in [9.17, 15) is 34.8 Å². The van der Waals surface area contributed by atoms with Gasteiger partial charge in [-0.25, -0.2) is 4.39 Å². The molecule has 39 heavy (non-hydrogen) atoms. The highest BCUT2D eigenvalue weighted by Gasteiger charge is 2.64. The van der Waals surface area contributed by atoms with Crippen LogP contribution in [0.3, 0.4) is 0 Å². The van der Waals surface area contributed by atoms with Gasteiger partial charge in [0.1, 0.15) is 28.7 Å². The number of benzene rings is 1. The monoisotopic (exact) mass is 543 g/mol. The lowest BCUT2D eigenvalue weighted by Crippen LogP contribution is -2.65. The number of hydrogen-bond donors (Lipinski definition) is 5. The van der Waals surface area contributed by atoms with E-state index in [0.29, 0.717) is 6.04 Å². The van der Waals surface area contributed by atoms with E-state index in [1.54, 1.807) is 0 Å². The number of phenolic OH excluding ortho intramolecular Hbond substituents is 1. The first-order valence-electron chi connectivity index (χ1n) is 13.2. The zero-order valence-corrected chi connectivity index (χ0v) is 22.2. The van der Waals surface area contributed by atoms with Gasteiger partial charge < -0.3 is 26.2 Å². The van der Waals surface area contributed by atoms with Crippen LogP contribution in [0, 0.1) is 17.7 Å². The first-order chi connectivity index (χ1) is 18.3. The second kappa shape index (κ2) is 9.42. The molecule has 4 atom stereocenters. The van der Waals surface area contributed by atoms with Crippen molar-refractivity contribution in [2.75, 3.05) is 21.1 Å². The van der Waals surface area contributed by atoms with Gasteiger partial charge in [0.15, 0.2) is 11.4 Å². The first-order valence-corrected chi connectivity index (χ1v) is 13.2. The number of aliphatic hydroxyl groups excluding tert-OH is 2. The lowest BCUT2D eigenvalue weighted by molar-refractivity contribution is -0.153. The molecule has 210 valence electrons. The van der Waals surface area contributed by atoms with Crippen molar-refractivity contribution in [2.24, 2.45) is 17.6 Å². The normalized spacial score (nSPS) is 29.3. The molecule has 1 aromatic rings. The van der Waals surface area contributed by atoms with Crippen LogP contribution >= 0.6 is 0 Å². The number of ketones is 2. The number of Topliss-reactive ketones (excluding diaryl/α,β-unsaturated/α-hetero) is 2. The topological polar surface area (TPSA) is 165 Å². The largest absolute Gasteiger partial charge is 0.508 e. The van der Waals surface area contributed by atoms with E-state index < -0.39 is 69.6 Å². The van der Waals surface area contributed by atoms with Gasteiger partial charge in [-0.2, -0.15) is 0 Å². The number of hydrogen-bond acceptors (Lipinski definition) is 9. The van der Waals surface area contributed by atoms with Crippen LogP contribution in [0.5, 0.6) is 5.75 Å². The predicted octanol–water partition coefficient (Wildman–Crippen LogP) is 1.48. The molecular weight excluding hydrogens is 509 g/mol. The Morgan fingerprint density at radius 1 is 1.15 bits per heavy atom. The zero-order valence-electron chi connectivity index (χ0n) is 22.2. The molecule has 0 saturated heterocycles. The maximum absolute atomic E-state index is 15.9. The van der Waals surface area contributed by atoms with Crippen molar-refractivity contribution >= 4 is 23.2 Å². The number of rotatable bonds is 5. The maximum atomic E-state index is 15.9. The van der Waals surface area contributed by atoms with Crippen LogP contribution in [-0.4, -0.2) is 86.5 Å².